The Labute approximate surface area is 165 Å². The summed E-state index contributed by atoms with van der Waals surface area (Å²) in [6.45, 7) is 1.43. The fourth-order valence-electron chi connectivity index (χ4n) is 1.98. The number of esters is 1. The summed E-state index contributed by atoms with van der Waals surface area (Å²) in [6.07, 6.45) is 1.77. The van der Waals surface area contributed by atoms with Gasteiger partial charge >= 0.3 is 5.97 Å². The third-order valence-corrected chi connectivity index (χ3v) is 4.85. The summed E-state index contributed by atoms with van der Waals surface area (Å²) in [7, 11) is -3.80. The van der Waals surface area contributed by atoms with Gasteiger partial charge < -0.3 is 10.1 Å². The first kappa shape index (κ1) is 20.8. The molecule has 0 aliphatic rings. The van der Waals surface area contributed by atoms with Crippen LogP contribution in [0.15, 0.2) is 64.0 Å². The molecule has 0 spiro atoms. The third kappa shape index (κ3) is 6.63. The lowest BCUT2D eigenvalue weighted by Crippen LogP contribution is -2.29. The standard InChI is InChI=1S/C18H17BrN2O5S/c1-12(26-17(22)11-4-13-2-5-14(19)6-3-13)18(23)21-15-7-9-16(10-8-15)27(20,24)25/h2-12H,1H3,(H,21,23)(H2,20,24,25)/b11-4+. The number of benzene rings is 2. The number of sulfonamides is 1. The summed E-state index contributed by atoms with van der Waals surface area (Å²) in [5.74, 6) is -1.21. The first-order valence-corrected chi connectivity index (χ1v) is 10.1. The maximum Gasteiger partial charge on any atom is 0.331 e. The molecular weight excluding hydrogens is 436 g/mol. The minimum Gasteiger partial charge on any atom is -0.449 e. The van der Waals surface area contributed by atoms with Gasteiger partial charge in [-0.3, -0.25) is 4.79 Å². The predicted octanol–water partition coefficient (Wildman–Crippen LogP) is 2.68. The van der Waals surface area contributed by atoms with E-state index in [2.05, 4.69) is 21.2 Å². The van der Waals surface area contributed by atoms with Gasteiger partial charge in [0.25, 0.3) is 5.91 Å². The fourth-order valence-corrected chi connectivity index (χ4v) is 2.76. The zero-order valence-electron chi connectivity index (χ0n) is 14.3. The lowest BCUT2D eigenvalue weighted by molar-refractivity contribution is -0.148. The van der Waals surface area contributed by atoms with E-state index >= 15 is 0 Å². The second kappa shape index (κ2) is 8.94. The van der Waals surface area contributed by atoms with Gasteiger partial charge in [-0.15, -0.1) is 0 Å². The van der Waals surface area contributed by atoms with Crippen molar-refractivity contribution in [2.75, 3.05) is 5.32 Å². The number of carbonyl (C=O) groups is 2. The minimum atomic E-state index is -3.80. The average Bonchev–Trinajstić information content (AvgIpc) is 2.61. The van der Waals surface area contributed by atoms with Crippen molar-refractivity contribution in [3.63, 3.8) is 0 Å². The number of rotatable bonds is 6. The first-order valence-electron chi connectivity index (χ1n) is 7.73. The van der Waals surface area contributed by atoms with Crippen LogP contribution in [0.1, 0.15) is 12.5 Å². The van der Waals surface area contributed by atoms with E-state index in [-0.39, 0.29) is 4.90 Å². The molecule has 0 fully saturated rings. The Morgan fingerprint density at radius 3 is 2.26 bits per heavy atom. The Balaban J connectivity index is 1.91. The number of anilines is 1. The molecule has 27 heavy (non-hydrogen) atoms. The van der Waals surface area contributed by atoms with Crippen molar-refractivity contribution in [1.29, 1.82) is 0 Å². The average molecular weight is 453 g/mol. The van der Waals surface area contributed by atoms with E-state index in [4.69, 9.17) is 9.88 Å². The molecule has 0 aliphatic carbocycles. The van der Waals surface area contributed by atoms with E-state index in [1.165, 1.54) is 37.3 Å². The Morgan fingerprint density at radius 2 is 1.70 bits per heavy atom. The molecule has 2 rings (SSSR count). The molecule has 142 valence electrons. The molecule has 1 unspecified atom stereocenters. The van der Waals surface area contributed by atoms with E-state index in [0.29, 0.717) is 5.69 Å². The maximum atomic E-state index is 12.1. The molecule has 0 saturated carbocycles. The van der Waals surface area contributed by atoms with Crippen LogP contribution < -0.4 is 10.5 Å². The maximum absolute atomic E-state index is 12.1. The molecule has 0 aliphatic heterocycles. The molecule has 1 amide bonds. The third-order valence-electron chi connectivity index (χ3n) is 3.39. The van der Waals surface area contributed by atoms with Gasteiger partial charge in [0.15, 0.2) is 6.10 Å². The first-order chi connectivity index (χ1) is 12.6. The quantitative estimate of drug-likeness (QED) is 0.516. The molecule has 0 heterocycles. The van der Waals surface area contributed by atoms with E-state index in [1.807, 2.05) is 24.3 Å². The number of carbonyl (C=O) groups excluding carboxylic acids is 2. The van der Waals surface area contributed by atoms with Crippen LogP contribution in [0.5, 0.6) is 0 Å². The fraction of sp³-hybridized carbons (Fsp3) is 0.111. The number of nitrogens with two attached hydrogens (primary N) is 1. The van der Waals surface area contributed by atoms with E-state index in [1.54, 1.807) is 6.08 Å². The highest BCUT2D eigenvalue weighted by molar-refractivity contribution is 9.10. The molecule has 0 saturated heterocycles. The Kier molecular flexibility index (Phi) is 6.89. The van der Waals surface area contributed by atoms with Gasteiger partial charge in [0.2, 0.25) is 10.0 Å². The molecule has 9 heteroatoms. The topological polar surface area (TPSA) is 116 Å². The van der Waals surface area contributed by atoms with Gasteiger partial charge in [-0.05, 0) is 55.0 Å². The Bertz CT molecular complexity index is 954. The van der Waals surface area contributed by atoms with Gasteiger partial charge in [-0.2, -0.15) is 0 Å². The summed E-state index contributed by atoms with van der Waals surface area (Å²) < 4.78 is 28.4. The van der Waals surface area contributed by atoms with Gasteiger partial charge in [-0.1, -0.05) is 28.1 Å². The summed E-state index contributed by atoms with van der Waals surface area (Å²) in [5.41, 5.74) is 1.16. The van der Waals surface area contributed by atoms with Crippen molar-refractivity contribution < 1.29 is 22.7 Å². The van der Waals surface area contributed by atoms with Gasteiger partial charge in [0.1, 0.15) is 0 Å². The summed E-state index contributed by atoms with van der Waals surface area (Å²) in [4.78, 5) is 23.8. The SMILES string of the molecule is CC(OC(=O)/C=C/c1ccc(Br)cc1)C(=O)Nc1ccc(S(N)(=O)=O)cc1. The predicted molar refractivity (Wildman–Crippen MR) is 105 cm³/mol. The molecule has 2 aromatic carbocycles. The lowest BCUT2D eigenvalue weighted by atomic mass is 10.2. The number of hydrogen-bond acceptors (Lipinski definition) is 5. The van der Waals surface area contributed by atoms with Gasteiger partial charge in [-0.25, -0.2) is 18.4 Å². The summed E-state index contributed by atoms with van der Waals surface area (Å²) >= 11 is 3.32. The number of nitrogens with one attached hydrogen (secondary N) is 1. The van der Waals surface area contributed by atoms with E-state index < -0.39 is 28.0 Å². The largest absolute Gasteiger partial charge is 0.449 e. The van der Waals surface area contributed by atoms with Crippen LogP contribution in [-0.4, -0.2) is 26.4 Å². The van der Waals surface area contributed by atoms with Crippen LogP contribution in [0.3, 0.4) is 0 Å². The van der Waals surface area contributed by atoms with Crippen LogP contribution in [0.4, 0.5) is 5.69 Å². The van der Waals surface area contributed by atoms with Crippen molar-refractivity contribution in [3.05, 3.63) is 64.6 Å². The molecule has 3 N–H and O–H groups in total. The van der Waals surface area contributed by atoms with Gasteiger partial charge in [0.05, 0.1) is 4.90 Å². The molecular formula is C18H17BrN2O5S. The smallest absolute Gasteiger partial charge is 0.331 e. The molecule has 7 nitrogen and oxygen atoms in total. The van der Waals surface area contributed by atoms with Crippen molar-refractivity contribution in [1.82, 2.24) is 0 Å². The zero-order valence-corrected chi connectivity index (χ0v) is 16.7. The lowest BCUT2D eigenvalue weighted by Gasteiger charge is -2.12. The molecule has 0 radical (unpaired) electrons. The molecule has 0 bridgehead atoms. The van der Waals surface area contributed by atoms with Crippen LogP contribution >= 0.6 is 15.9 Å². The molecule has 1 atom stereocenters. The summed E-state index contributed by atoms with van der Waals surface area (Å²) in [6, 6.07) is 12.6. The van der Waals surface area contributed by atoms with Crippen molar-refractivity contribution in [3.8, 4) is 0 Å². The zero-order chi connectivity index (χ0) is 20.0. The van der Waals surface area contributed by atoms with E-state index in [9.17, 15) is 18.0 Å². The summed E-state index contributed by atoms with van der Waals surface area (Å²) in [5, 5.41) is 7.53. The second-order valence-electron chi connectivity index (χ2n) is 5.52. The number of primary sulfonamides is 1. The number of ether oxygens (including phenoxy) is 1. The van der Waals surface area contributed by atoms with Gasteiger partial charge in [0, 0.05) is 16.2 Å². The number of hydrogen-bond donors (Lipinski definition) is 2. The van der Waals surface area contributed by atoms with Crippen LogP contribution in [0.25, 0.3) is 6.08 Å². The van der Waals surface area contributed by atoms with Crippen molar-refractivity contribution in [2.24, 2.45) is 5.14 Å². The second-order valence-corrected chi connectivity index (χ2v) is 8.00. The Morgan fingerprint density at radius 1 is 1.11 bits per heavy atom. The highest BCUT2D eigenvalue weighted by Crippen LogP contribution is 2.14. The van der Waals surface area contributed by atoms with Crippen molar-refractivity contribution >= 4 is 49.6 Å². The molecule has 2 aromatic rings. The number of halogens is 1. The monoisotopic (exact) mass is 452 g/mol. The van der Waals surface area contributed by atoms with Crippen LogP contribution in [-0.2, 0) is 24.3 Å². The number of amides is 1. The van der Waals surface area contributed by atoms with Crippen molar-refractivity contribution in [2.45, 2.75) is 17.9 Å². The van der Waals surface area contributed by atoms with Crippen LogP contribution in [0, 0.1) is 0 Å². The highest BCUT2D eigenvalue weighted by Gasteiger charge is 2.17. The van der Waals surface area contributed by atoms with E-state index in [0.717, 1.165) is 10.0 Å². The Hall–Kier alpha value is -2.49. The van der Waals surface area contributed by atoms with Crippen LogP contribution in [0.2, 0.25) is 0 Å². The highest BCUT2D eigenvalue weighted by atomic mass is 79.9. The minimum absolute atomic E-state index is 0.0712. The molecule has 0 aromatic heterocycles. The normalized spacial score (nSPS) is 12.6.